The number of aryl methyl sites for hydroxylation is 1. The highest BCUT2D eigenvalue weighted by molar-refractivity contribution is 8.13. The Bertz CT molecular complexity index is 832. The van der Waals surface area contributed by atoms with Gasteiger partial charge in [0, 0.05) is 11.3 Å². The molecular formula is C22H27N2O2S+. The van der Waals surface area contributed by atoms with Crippen LogP contribution in [-0.2, 0) is 12.1 Å². The largest absolute Gasteiger partial charge is 0.494 e. The minimum Gasteiger partial charge on any atom is -0.494 e. The number of benzene rings is 2. The lowest BCUT2D eigenvalue weighted by molar-refractivity contribution is -0.656. The lowest BCUT2D eigenvalue weighted by Crippen LogP contribution is -2.41. The fraction of sp³-hybridized carbons (Fsp3) is 0.409. The minimum atomic E-state index is -1.02. The van der Waals surface area contributed by atoms with Gasteiger partial charge in [0.25, 0.3) is 5.72 Å². The van der Waals surface area contributed by atoms with Crippen LogP contribution in [0.2, 0.25) is 0 Å². The van der Waals surface area contributed by atoms with Crippen molar-refractivity contribution >= 4 is 22.6 Å². The molecule has 142 valence electrons. The van der Waals surface area contributed by atoms with E-state index in [0.29, 0.717) is 13.2 Å². The molecule has 2 heterocycles. The second-order valence-corrected chi connectivity index (χ2v) is 8.08. The first-order valence-corrected chi connectivity index (χ1v) is 10.7. The molecule has 1 N–H and O–H groups in total. The van der Waals surface area contributed by atoms with Crippen molar-refractivity contribution in [3.8, 4) is 5.75 Å². The number of β-amino-alcohol motifs (C(OH)–C–C–N with tert-alkyl or cyclic N) is 1. The Balaban J connectivity index is 1.70. The van der Waals surface area contributed by atoms with Gasteiger partial charge in [-0.1, -0.05) is 19.1 Å². The molecule has 0 unspecified atom stereocenters. The summed E-state index contributed by atoms with van der Waals surface area (Å²) in [5.41, 5.74) is 2.37. The standard InChI is InChI=1S/C22H27N2O2S/c1-3-17-6-10-19(11-7-17)23-16-22(25,24-14-5-15-27-21(23)24)18-8-12-20(13-9-18)26-4-2/h6-13,25H,3-5,14-16H2,1-2H3/q+1/t22-/m0/s1. The molecule has 5 heteroatoms. The Morgan fingerprint density at radius 2 is 1.85 bits per heavy atom. The van der Waals surface area contributed by atoms with Gasteiger partial charge in [0.2, 0.25) is 0 Å². The summed E-state index contributed by atoms with van der Waals surface area (Å²) in [6, 6.07) is 16.6. The van der Waals surface area contributed by atoms with Gasteiger partial charge >= 0.3 is 5.17 Å². The molecule has 0 aliphatic carbocycles. The fourth-order valence-corrected chi connectivity index (χ4v) is 5.03. The van der Waals surface area contributed by atoms with Gasteiger partial charge in [-0.25, -0.2) is 9.48 Å². The van der Waals surface area contributed by atoms with E-state index < -0.39 is 5.72 Å². The van der Waals surface area contributed by atoms with Gasteiger partial charge in [0.1, 0.15) is 11.4 Å². The third-order valence-corrected chi connectivity index (χ3v) is 6.52. The molecule has 0 spiro atoms. The van der Waals surface area contributed by atoms with Crippen LogP contribution in [0, 0.1) is 0 Å². The van der Waals surface area contributed by atoms with Crippen LogP contribution in [-0.4, -0.2) is 40.3 Å². The maximum atomic E-state index is 11.7. The van der Waals surface area contributed by atoms with Crippen molar-refractivity contribution in [1.29, 1.82) is 0 Å². The molecule has 2 aliphatic rings. The van der Waals surface area contributed by atoms with Gasteiger partial charge in [-0.3, -0.25) is 0 Å². The number of nitrogens with zero attached hydrogens (tertiary/aromatic N) is 2. The third-order valence-electron chi connectivity index (χ3n) is 5.33. The maximum absolute atomic E-state index is 11.7. The van der Waals surface area contributed by atoms with Crippen molar-refractivity contribution in [2.24, 2.45) is 0 Å². The second-order valence-electron chi connectivity index (χ2n) is 7.02. The molecule has 4 rings (SSSR count). The summed E-state index contributed by atoms with van der Waals surface area (Å²) in [6.45, 7) is 6.20. The molecule has 1 atom stereocenters. The van der Waals surface area contributed by atoms with Crippen molar-refractivity contribution in [2.45, 2.75) is 32.4 Å². The predicted molar refractivity (Wildman–Crippen MR) is 112 cm³/mol. The molecule has 0 bridgehead atoms. The summed E-state index contributed by atoms with van der Waals surface area (Å²) in [5, 5.41) is 12.9. The van der Waals surface area contributed by atoms with E-state index in [1.807, 2.05) is 43.0 Å². The van der Waals surface area contributed by atoms with Crippen molar-refractivity contribution in [3.63, 3.8) is 0 Å². The number of ether oxygens (including phenoxy) is 1. The Labute approximate surface area is 165 Å². The summed E-state index contributed by atoms with van der Waals surface area (Å²) < 4.78 is 7.73. The molecule has 2 aromatic carbocycles. The average molecular weight is 384 g/mol. The SMILES string of the molecule is CCOc1ccc([C@@]2(O)CN(c3ccc(CC)cc3)C3=[N+]2CCCS3)cc1. The van der Waals surface area contributed by atoms with Gasteiger partial charge in [-0.15, -0.1) is 0 Å². The molecule has 0 radical (unpaired) electrons. The lowest BCUT2D eigenvalue weighted by Gasteiger charge is -2.24. The molecule has 2 aliphatic heterocycles. The van der Waals surface area contributed by atoms with E-state index in [1.54, 1.807) is 0 Å². The van der Waals surface area contributed by atoms with Crippen molar-refractivity contribution < 1.29 is 14.4 Å². The van der Waals surface area contributed by atoms with Gasteiger partial charge in [-0.05, 0) is 73.5 Å². The van der Waals surface area contributed by atoms with E-state index >= 15 is 0 Å². The summed E-state index contributed by atoms with van der Waals surface area (Å²) in [6.07, 6.45) is 2.12. The first-order chi connectivity index (χ1) is 13.2. The van der Waals surface area contributed by atoms with Crippen LogP contribution >= 0.6 is 11.8 Å². The minimum absolute atomic E-state index is 0.536. The van der Waals surface area contributed by atoms with Crippen LogP contribution in [0.15, 0.2) is 48.5 Å². The normalized spacial score (nSPS) is 22.1. The Morgan fingerprint density at radius 1 is 1.11 bits per heavy atom. The topological polar surface area (TPSA) is 35.7 Å². The first kappa shape index (κ1) is 18.4. The monoisotopic (exact) mass is 383 g/mol. The van der Waals surface area contributed by atoms with E-state index in [4.69, 9.17) is 4.74 Å². The van der Waals surface area contributed by atoms with E-state index in [2.05, 4.69) is 40.7 Å². The molecule has 27 heavy (non-hydrogen) atoms. The molecule has 4 nitrogen and oxygen atoms in total. The molecule has 0 saturated carbocycles. The van der Waals surface area contributed by atoms with E-state index in [0.717, 1.165) is 47.3 Å². The van der Waals surface area contributed by atoms with Gasteiger partial charge < -0.3 is 9.84 Å². The zero-order valence-corrected chi connectivity index (χ0v) is 16.8. The van der Waals surface area contributed by atoms with E-state index in [-0.39, 0.29) is 0 Å². The summed E-state index contributed by atoms with van der Waals surface area (Å²) in [5.74, 6) is 1.93. The van der Waals surface area contributed by atoms with E-state index in [1.165, 1.54) is 5.56 Å². The molecule has 0 amide bonds. The van der Waals surface area contributed by atoms with Crippen molar-refractivity contribution in [2.75, 3.05) is 30.3 Å². The number of hydrogen-bond acceptors (Lipinski definition) is 4. The molecule has 0 saturated heterocycles. The highest BCUT2D eigenvalue weighted by Gasteiger charge is 2.53. The van der Waals surface area contributed by atoms with Crippen LogP contribution in [0.25, 0.3) is 0 Å². The summed E-state index contributed by atoms with van der Waals surface area (Å²) >= 11 is 1.84. The predicted octanol–water partition coefficient (Wildman–Crippen LogP) is 3.82. The zero-order chi connectivity index (χ0) is 18.9. The fourth-order valence-electron chi connectivity index (χ4n) is 3.85. The summed E-state index contributed by atoms with van der Waals surface area (Å²) in [7, 11) is 0. The number of thioether (sulfide) groups is 1. The van der Waals surface area contributed by atoms with Crippen LogP contribution in [0.1, 0.15) is 31.4 Å². The Morgan fingerprint density at radius 3 is 2.52 bits per heavy atom. The van der Waals surface area contributed by atoms with Crippen LogP contribution < -0.4 is 9.64 Å². The van der Waals surface area contributed by atoms with Gasteiger partial charge in [0.05, 0.1) is 13.2 Å². The second kappa shape index (κ2) is 7.56. The lowest BCUT2D eigenvalue weighted by atomic mass is 10.0. The molecule has 0 aromatic heterocycles. The number of amidine groups is 1. The molecule has 2 aromatic rings. The Kier molecular flexibility index (Phi) is 5.15. The smallest absolute Gasteiger partial charge is 0.316 e. The van der Waals surface area contributed by atoms with Crippen LogP contribution in [0.5, 0.6) is 5.75 Å². The highest BCUT2D eigenvalue weighted by atomic mass is 32.2. The zero-order valence-electron chi connectivity index (χ0n) is 16.0. The van der Waals surface area contributed by atoms with Crippen LogP contribution in [0.3, 0.4) is 0 Å². The van der Waals surface area contributed by atoms with Crippen LogP contribution in [0.4, 0.5) is 5.69 Å². The quantitative estimate of drug-likeness (QED) is 0.797. The number of hydrogen-bond donors (Lipinski definition) is 1. The van der Waals surface area contributed by atoms with Crippen molar-refractivity contribution in [3.05, 3.63) is 59.7 Å². The molecule has 0 fully saturated rings. The first-order valence-electron chi connectivity index (χ1n) is 9.75. The van der Waals surface area contributed by atoms with Crippen molar-refractivity contribution in [1.82, 2.24) is 0 Å². The average Bonchev–Trinajstić information content (AvgIpc) is 3.03. The molecular weight excluding hydrogens is 356 g/mol. The number of aliphatic hydroxyl groups is 1. The third kappa shape index (κ3) is 3.34. The maximum Gasteiger partial charge on any atom is 0.316 e. The summed E-state index contributed by atoms with van der Waals surface area (Å²) in [4.78, 5) is 2.26. The Hall–Kier alpha value is -1.98. The number of rotatable bonds is 5. The van der Waals surface area contributed by atoms with Gasteiger partial charge in [0.15, 0.2) is 6.54 Å². The number of anilines is 1. The van der Waals surface area contributed by atoms with E-state index in [9.17, 15) is 5.11 Å². The highest BCUT2D eigenvalue weighted by Crippen LogP contribution is 2.38. The van der Waals surface area contributed by atoms with Gasteiger partial charge in [-0.2, -0.15) is 0 Å².